The third-order valence-electron chi connectivity index (χ3n) is 3.29. The molecule has 0 aliphatic rings. The van der Waals surface area contributed by atoms with Gasteiger partial charge in [0.2, 0.25) is 5.88 Å². The van der Waals surface area contributed by atoms with E-state index < -0.39 is 0 Å². The van der Waals surface area contributed by atoms with Crippen molar-refractivity contribution in [2.24, 2.45) is 0 Å². The summed E-state index contributed by atoms with van der Waals surface area (Å²) in [4.78, 5) is 4.17. The van der Waals surface area contributed by atoms with Crippen molar-refractivity contribution in [2.45, 2.75) is 32.9 Å². The first-order valence-corrected chi connectivity index (χ1v) is 7.26. The fraction of sp³-hybridized carbons (Fsp3) is 0.353. The largest absolute Gasteiger partial charge is 0.473 e. The Balaban J connectivity index is 1.99. The average molecular weight is 288 g/mol. The van der Waals surface area contributed by atoms with Crippen LogP contribution in [0.1, 0.15) is 37.4 Å². The van der Waals surface area contributed by atoms with Gasteiger partial charge in [0.15, 0.2) is 0 Å². The zero-order chi connectivity index (χ0) is 15.1. The summed E-state index contributed by atoms with van der Waals surface area (Å²) in [6, 6.07) is 10.7. The van der Waals surface area contributed by atoms with Crippen molar-refractivity contribution in [1.29, 1.82) is 0 Å². The molecule has 0 radical (unpaired) electrons. The zero-order valence-corrected chi connectivity index (χ0v) is 12.5. The van der Waals surface area contributed by atoms with Gasteiger partial charge >= 0.3 is 0 Å². The lowest BCUT2D eigenvalue weighted by molar-refractivity contribution is 0.287. The quantitative estimate of drug-likeness (QED) is 0.840. The van der Waals surface area contributed by atoms with Gasteiger partial charge in [-0.2, -0.15) is 0 Å². The molecule has 0 aliphatic carbocycles. The number of nitrogens with one attached hydrogen (secondary N) is 1. The van der Waals surface area contributed by atoms with E-state index in [9.17, 15) is 4.39 Å². The minimum absolute atomic E-state index is 0.180. The van der Waals surface area contributed by atoms with E-state index in [2.05, 4.69) is 24.1 Å². The van der Waals surface area contributed by atoms with Crippen molar-refractivity contribution >= 4 is 0 Å². The molecule has 0 bridgehead atoms. The highest BCUT2D eigenvalue weighted by Gasteiger charge is 2.07. The first-order chi connectivity index (χ1) is 10.2. The Morgan fingerprint density at radius 2 is 2.10 bits per heavy atom. The predicted molar refractivity (Wildman–Crippen MR) is 81.7 cm³/mol. The highest BCUT2D eigenvalue weighted by atomic mass is 19.1. The fourth-order valence-corrected chi connectivity index (χ4v) is 2.02. The normalized spacial score (nSPS) is 12.1. The van der Waals surface area contributed by atoms with Crippen LogP contribution in [0.25, 0.3) is 0 Å². The molecule has 0 spiro atoms. The van der Waals surface area contributed by atoms with E-state index in [0.717, 1.165) is 18.5 Å². The van der Waals surface area contributed by atoms with Crippen molar-refractivity contribution in [3.8, 4) is 5.88 Å². The highest BCUT2D eigenvalue weighted by molar-refractivity contribution is 5.24. The molecule has 1 aromatic heterocycles. The van der Waals surface area contributed by atoms with Gasteiger partial charge in [0, 0.05) is 23.9 Å². The summed E-state index contributed by atoms with van der Waals surface area (Å²) in [5.74, 6) is 0.257. The van der Waals surface area contributed by atoms with Gasteiger partial charge in [-0.15, -0.1) is 0 Å². The Hall–Kier alpha value is -1.94. The number of pyridine rings is 1. The van der Waals surface area contributed by atoms with E-state index in [-0.39, 0.29) is 18.5 Å². The second-order valence-corrected chi connectivity index (χ2v) is 4.98. The molecule has 2 aromatic rings. The molecule has 0 fully saturated rings. The summed E-state index contributed by atoms with van der Waals surface area (Å²) in [5.41, 5.74) is 1.64. The fourth-order valence-electron chi connectivity index (χ4n) is 2.02. The summed E-state index contributed by atoms with van der Waals surface area (Å²) in [5, 5.41) is 3.42. The van der Waals surface area contributed by atoms with E-state index in [4.69, 9.17) is 4.74 Å². The van der Waals surface area contributed by atoms with Crippen LogP contribution in [0.2, 0.25) is 0 Å². The minimum Gasteiger partial charge on any atom is -0.473 e. The van der Waals surface area contributed by atoms with Gasteiger partial charge in [0.1, 0.15) is 12.4 Å². The monoisotopic (exact) mass is 288 g/mol. The second-order valence-electron chi connectivity index (χ2n) is 4.98. The molecule has 0 aliphatic heterocycles. The summed E-state index contributed by atoms with van der Waals surface area (Å²) in [6.45, 7) is 5.38. The summed E-state index contributed by atoms with van der Waals surface area (Å²) in [7, 11) is 0. The van der Waals surface area contributed by atoms with E-state index >= 15 is 0 Å². The Morgan fingerprint density at radius 1 is 1.29 bits per heavy atom. The van der Waals surface area contributed by atoms with Crippen LogP contribution in [-0.4, -0.2) is 11.5 Å². The highest BCUT2D eigenvalue weighted by Crippen LogP contribution is 2.18. The molecule has 2 rings (SSSR count). The van der Waals surface area contributed by atoms with Crippen LogP contribution in [0.3, 0.4) is 0 Å². The third kappa shape index (κ3) is 4.53. The summed E-state index contributed by atoms with van der Waals surface area (Å²) >= 11 is 0. The number of hydrogen-bond acceptors (Lipinski definition) is 3. The molecule has 1 heterocycles. The topological polar surface area (TPSA) is 34.2 Å². The third-order valence-corrected chi connectivity index (χ3v) is 3.29. The molecule has 112 valence electrons. The smallest absolute Gasteiger partial charge is 0.213 e. The van der Waals surface area contributed by atoms with Gasteiger partial charge in [0.05, 0.1) is 0 Å². The number of ether oxygens (including phenoxy) is 1. The summed E-state index contributed by atoms with van der Waals surface area (Å²) < 4.78 is 19.1. The van der Waals surface area contributed by atoms with Crippen molar-refractivity contribution < 1.29 is 9.13 Å². The van der Waals surface area contributed by atoms with E-state index in [1.807, 2.05) is 12.1 Å². The van der Waals surface area contributed by atoms with Gasteiger partial charge in [-0.05, 0) is 37.6 Å². The van der Waals surface area contributed by atoms with E-state index in [1.165, 1.54) is 6.07 Å². The maximum Gasteiger partial charge on any atom is 0.213 e. The van der Waals surface area contributed by atoms with Crippen LogP contribution in [0, 0.1) is 5.82 Å². The van der Waals surface area contributed by atoms with E-state index in [1.54, 1.807) is 24.4 Å². The molecule has 4 heteroatoms. The Kier molecular flexibility index (Phi) is 5.69. The van der Waals surface area contributed by atoms with Gasteiger partial charge in [-0.25, -0.2) is 9.37 Å². The number of hydrogen-bond donors (Lipinski definition) is 1. The van der Waals surface area contributed by atoms with E-state index in [0.29, 0.717) is 11.4 Å². The molecule has 0 saturated carbocycles. The lowest BCUT2D eigenvalue weighted by atomic mass is 10.1. The Labute approximate surface area is 125 Å². The molecule has 0 saturated heterocycles. The standard InChI is InChI=1S/C17H21FN2O/c1-3-9-19-13(2)14-8-10-20-17(11-14)21-12-15-6-4-5-7-16(15)18/h4-8,10-11,13,19H,3,9,12H2,1-2H3. The molecule has 0 amide bonds. The molecule has 1 unspecified atom stereocenters. The maximum absolute atomic E-state index is 13.5. The molecular formula is C17H21FN2O. The van der Waals surface area contributed by atoms with Crippen LogP contribution in [0.5, 0.6) is 5.88 Å². The number of benzene rings is 1. The van der Waals surface area contributed by atoms with Crippen molar-refractivity contribution in [1.82, 2.24) is 10.3 Å². The average Bonchev–Trinajstić information content (AvgIpc) is 2.52. The number of nitrogens with zero attached hydrogens (tertiary/aromatic N) is 1. The van der Waals surface area contributed by atoms with Crippen molar-refractivity contribution in [3.63, 3.8) is 0 Å². The van der Waals surface area contributed by atoms with Crippen LogP contribution in [0.4, 0.5) is 4.39 Å². The molecule has 1 aromatic carbocycles. The second kappa shape index (κ2) is 7.74. The minimum atomic E-state index is -0.258. The van der Waals surface area contributed by atoms with Crippen LogP contribution < -0.4 is 10.1 Å². The molecule has 1 N–H and O–H groups in total. The van der Waals surface area contributed by atoms with Crippen molar-refractivity contribution in [2.75, 3.05) is 6.54 Å². The molecule has 3 nitrogen and oxygen atoms in total. The van der Waals surface area contributed by atoms with Gasteiger partial charge in [-0.1, -0.05) is 25.1 Å². The number of halogens is 1. The lowest BCUT2D eigenvalue weighted by Gasteiger charge is -2.14. The van der Waals surface area contributed by atoms with Crippen molar-refractivity contribution in [3.05, 3.63) is 59.5 Å². The molecule has 21 heavy (non-hydrogen) atoms. The van der Waals surface area contributed by atoms with Crippen LogP contribution in [0.15, 0.2) is 42.6 Å². The van der Waals surface area contributed by atoms with Gasteiger partial charge in [0.25, 0.3) is 0 Å². The number of aromatic nitrogens is 1. The number of rotatable bonds is 7. The first kappa shape index (κ1) is 15.4. The molecular weight excluding hydrogens is 267 g/mol. The van der Waals surface area contributed by atoms with Crippen LogP contribution in [-0.2, 0) is 6.61 Å². The zero-order valence-electron chi connectivity index (χ0n) is 12.5. The molecule has 1 atom stereocenters. The van der Waals surface area contributed by atoms with Crippen LogP contribution >= 0.6 is 0 Å². The lowest BCUT2D eigenvalue weighted by Crippen LogP contribution is -2.19. The summed E-state index contributed by atoms with van der Waals surface area (Å²) in [6.07, 6.45) is 2.81. The maximum atomic E-state index is 13.5. The van der Waals surface area contributed by atoms with Gasteiger partial charge in [-0.3, -0.25) is 0 Å². The van der Waals surface area contributed by atoms with Gasteiger partial charge < -0.3 is 10.1 Å². The predicted octanol–water partition coefficient (Wildman–Crippen LogP) is 3.86. The Bertz CT molecular complexity index is 574. The SMILES string of the molecule is CCCNC(C)c1ccnc(OCc2ccccc2F)c1. The first-order valence-electron chi connectivity index (χ1n) is 7.26. The Morgan fingerprint density at radius 3 is 2.86 bits per heavy atom.